The maximum absolute atomic E-state index is 11.5. The van der Waals surface area contributed by atoms with Gasteiger partial charge in [0.2, 0.25) is 5.91 Å². The van der Waals surface area contributed by atoms with E-state index in [4.69, 9.17) is 4.74 Å². The van der Waals surface area contributed by atoms with Crippen molar-refractivity contribution in [2.24, 2.45) is 4.99 Å². The number of benzene rings is 1. The largest absolute Gasteiger partial charge is 0.493 e. The average molecular weight is 459 g/mol. The van der Waals surface area contributed by atoms with Gasteiger partial charge in [0.1, 0.15) is 5.75 Å². The molecule has 1 saturated heterocycles. The second-order valence-electron chi connectivity index (χ2n) is 5.57. The highest BCUT2D eigenvalue weighted by Gasteiger charge is 2.28. The Hall–Kier alpha value is -2.04. The lowest BCUT2D eigenvalue weighted by Gasteiger charge is -2.28. The number of hydrogen-bond acceptors (Lipinski definition) is 4. The summed E-state index contributed by atoms with van der Waals surface area (Å²) in [6, 6.07) is 7.69. The first-order valence-electron chi connectivity index (χ1n) is 7.96. The number of ether oxygens (including phenoxy) is 1. The molecule has 9 heteroatoms. The fourth-order valence-electron chi connectivity index (χ4n) is 2.82. The number of nitrogens with one attached hydrogen (secondary N) is 3. The number of halogens is 1. The van der Waals surface area contributed by atoms with E-state index in [0.717, 1.165) is 17.7 Å². The van der Waals surface area contributed by atoms with Gasteiger partial charge >= 0.3 is 6.03 Å². The van der Waals surface area contributed by atoms with Crippen LogP contribution in [-0.2, 0) is 4.79 Å². The van der Waals surface area contributed by atoms with E-state index >= 15 is 0 Å². The van der Waals surface area contributed by atoms with Crippen molar-refractivity contribution in [1.82, 2.24) is 20.9 Å². The first-order chi connectivity index (χ1) is 11.7. The van der Waals surface area contributed by atoms with Crippen molar-refractivity contribution >= 4 is 41.9 Å². The Morgan fingerprint density at radius 2 is 2.20 bits per heavy atom. The van der Waals surface area contributed by atoms with Crippen LogP contribution < -0.4 is 20.7 Å². The molecule has 2 aliphatic rings. The molecule has 136 valence electrons. The molecule has 0 aliphatic carbocycles. The summed E-state index contributed by atoms with van der Waals surface area (Å²) in [5.74, 6) is 1.31. The van der Waals surface area contributed by atoms with Crippen molar-refractivity contribution in [2.75, 3.05) is 33.3 Å². The molecule has 1 unspecified atom stereocenters. The van der Waals surface area contributed by atoms with Crippen LogP contribution >= 0.6 is 24.0 Å². The Balaban J connectivity index is 0.00000225. The molecule has 0 spiro atoms. The van der Waals surface area contributed by atoms with Gasteiger partial charge in [-0.2, -0.15) is 0 Å². The smallest absolute Gasteiger partial charge is 0.324 e. The van der Waals surface area contributed by atoms with Gasteiger partial charge in [0.25, 0.3) is 0 Å². The van der Waals surface area contributed by atoms with Crippen molar-refractivity contribution in [2.45, 2.75) is 12.5 Å². The molecular formula is C16H22IN5O3. The summed E-state index contributed by atoms with van der Waals surface area (Å²) in [7, 11) is 1.69. The lowest BCUT2D eigenvalue weighted by Crippen LogP contribution is -2.44. The van der Waals surface area contributed by atoms with Crippen molar-refractivity contribution < 1.29 is 14.3 Å². The van der Waals surface area contributed by atoms with E-state index in [1.165, 1.54) is 4.90 Å². The van der Waals surface area contributed by atoms with Crippen LogP contribution in [0.3, 0.4) is 0 Å². The van der Waals surface area contributed by atoms with Crippen LogP contribution in [0.5, 0.6) is 5.75 Å². The van der Waals surface area contributed by atoms with Gasteiger partial charge in [-0.25, -0.2) is 4.79 Å². The Labute approximate surface area is 163 Å². The summed E-state index contributed by atoms with van der Waals surface area (Å²) in [5, 5.41) is 9.00. The molecule has 2 heterocycles. The molecule has 0 aromatic heterocycles. The zero-order valence-electron chi connectivity index (χ0n) is 13.9. The number of fused-ring (bicyclic) bond motifs is 1. The summed E-state index contributed by atoms with van der Waals surface area (Å²) in [4.78, 5) is 28.4. The molecule has 2 aliphatic heterocycles. The Kier molecular flexibility index (Phi) is 6.85. The van der Waals surface area contributed by atoms with E-state index in [1.807, 2.05) is 24.3 Å². The SMILES string of the molecule is CN=C(NCCN1C(=O)CNC1=O)NC1CCOc2ccccc21.I. The summed E-state index contributed by atoms with van der Waals surface area (Å²) < 4.78 is 5.65. The lowest BCUT2D eigenvalue weighted by molar-refractivity contribution is -0.124. The molecule has 1 fully saturated rings. The fraction of sp³-hybridized carbons (Fsp3) is 0.438. The highest BCUT2D eigenvalue weighted by atomic mass is 127. The number of guanidine groups is 1. The highest BCUT2D eigenvalue weighted by Crippen LogP contribution is 2.31. The summed E-state index contributed by atoms with van der Waals surface area (Å²) >= 11 is 0. The Morgan fingerprint density at radius 1 is 1.40 bits per heavy atom. The first-order valence-corrected chi connectivity index (χ1v) is 7.96. The molecule has 0 saturated carbocycles. The molecule has 25 heavy (non-hydrogen) atoms. The number of carbonyl (C=O) groups excluding carboxylic acids is 2. The number of aliphatic imine (C=N–C) groups is 1. The minimum Gasteiger partial charge on any atom is -0.493 e. The number of hydrogen-bond donors (Lipinski definition) is 3. The zero-order valence-corrected chi connectivity index (χ0v) is 16.3. The number of amides is 3. The summed E-state index contributed by atoms with van der Waals surface area (Å²) in [6.07, 6.45) is 0.838. The van der Waals surface area contributed by atoms with E-state index in [9.17, 15) is 9.59 Å². The number of imide groups is 1. The molecule has 8 nitrogen and oxygen atoms in total. The third-order valence-corrected chi connectivity index (χ3v) is 4.06. The summed E-state index contributed by atoms with van der Waals surface area (Å²) in [5.41, 5.74) is 1.10. The second-order valence-corrected chi connectivity index (χ2v) is 5.57. The number of nitrogens with zero attached hydrogens (tertiary/aromatic N) is 2. The van der Waals surface area contributed by atoms with Gasteiger partial charge in [-0.1, -0.05) is 18.2 Å². The number of rotatable bonds is 4. The average Bonchev–Trinajstić information content (AvgIpc) is 2.93. The second kappa shape index (κ2) is 8.88. The third kappa shape index (κ3) is 4.53. The van der Waals surface area contributed by atoms with Gasteiger partial charge in [0.15, 0.2) is 5.96 Å². The monoisotopic (exact) mass is 459 g/mol. The van der Waals surface area contributed by atoms with E-state index in [0.29, 0.717) is 25.7 Å². The van der Waals surface area contributed by atoms with Crippen molar-refractivity contribution in [3.8, 4) is 5.75 Å². The van der Waals surface area contributed by atoms with E-state index in [-0.39, 0.29) is 48.5 Å². The molecule has 3 rings (SSSR count). The minimum absolute atomic E-state index is 0. The van der Waals surface area contributed by atoms with Gasteiger partial charge in [0.05, 0.1) is 19.2 Å². The standard InChI is InChI=1S/C16H21N5O3.HI/c1-17-15(18-7-8-21-14(22)10-19-16(21)23)20-12-6-9-24-13-5-3-2-4-11(12)13;/h2-5,12H,6-10H2,1H3,(H,19,23)(H2,17,18,20);1H. The normalized spacial score (nSPS) is 19.5. The zero-order chi connectivity index (χ0) is 16.9. The third-order valence-electron chi connectivity index (χ3n) is 4.06. The number of para-hydroxylation sites is 1. The predicted octanol–water partition coefficient (Wildman–Crippen LogP) is 0.845. The van der Waals surface area contributed by atoms with Gasteiger partial charge in [-0.05, 0) is 6.07 Å². The Morgan fingerprint density at radius 3 is 2.92 bits per heavy atom. The molecule has 1 atom stereocenters. The van der Waals surface area contributed by atoms with Crippen LogP contribution in [0.4, 0.5) is 4.79 Å². The number of carbonyl (C=O) groups is 2. The molecule has 0 radical (unpaired) electrons. The topological polar surface area (TPSA) is 95.1 Å². The van der Waals surface area contributed by atoms with Crippen LogP contribution in [-0.4, -0.2) is 56.1 Å². The fourth-order valence-corrected chi connectivity index (χ4v) is 2.82. The van der Waals surface area contributed by atoms with Crippen molar-refractivity contribution in [1.29, 1.82) is 0 Å². The molecular weight excluding hydrogens is 437 g/mol. The predicted molar refractivity (Wildman–Crippen MR) is 104 cm³/mol. The van der Waals surface area contributed by atoms with E-state index in [1.54, 1.807) is 7.05 Å². The van der Waals surface area contributed by atoms with Crippen LogP contribution in [0.15, 0.2) is 29.3 Å². The van der Waals surface area contributed by atoms with Crippen LogP contribution in [0.2, 0.25) is 0 Å². The van der Waals surface area contributed by atoms with Gasteiger partial charge in [-0.3, -0.25) is 14.7 Å². The van der Waals surface area contributed by atoms with Gasteiger partial charge in [0, 0.05) is 32.1 Å². The lowest BCUT2D eigenvalue weighted by atomic mass is 10.0. The molecule has 1 aromatic rings. The van der Waals surface area contributed by atoms with Gasteiger partial charge < -0.3 is 20.7 Å². The minimum atomic E-state index is -0.344. The van der Waals surface area contributed by atoms with Gasteiger partial charge in [-0.15, -0.1) is 24.0 Å². The summed E-state index contributed by atoms with van der Waals surface area (Å²) in [6.45, 7) is 1.46. The Bertz CT molecular complexity index is 651. The molecule has 0 bridgehead atoms. The molecule has 1 aromatic carbocycles. The molecule has 3 amide bonds. The highest BCUT2D eigenvalue weighted by molar-refractivity contribution is 14.0. The van der Waals surface area contributed by atoms with E-state index in [2.05, 4.69) is 20.9 Å². The quantitative estimate of drug-likeness (QED) is 0.269. The number of urea groups is 1. The van der Waals surface area contributed by atoms with Crippen LogP contribution in [0.25, 0.3) is 0 Å². The van der Waals surface area contributed by atoms with Crippen LogP contribution in [0.1, 0.15) is 18.0 Å². The maximum atomic E-state index is 11.5. The molecule has 3 N–H and O–H groups in total. The first kappa shape index (κ1) is 19.3. The van der Waals surface area contributed by atoms with Crippen molar-refractivity contribution in [3.05, 3.63) is 29.8 Å². The van der Waals surface area contributed by atoms with Crippen LogP contribution in [0, 0.1) is 0 Å². The maximum Gasteiger partial charge on any atom is 0.324 e. The van der Waals surface area contributed by atoms with Crippen molar-refractivity contribution in [3.63, 3.8) is 0 Å². The van der Waals surface area contributed by atoms with E-state index < -0.39 is 0 Å².